The minimum Gasteiger partial charge on any atom is -0.454 e. The predicted molar refractivity (Wildman–Crippen MR) is 183 cm³/mol. The lowest BCUT2D eigenvalue weighted by atomic mass is 10.0. The van der Waals surface area contributed by atoms with E-state index >= 15 is 0 Å². The van der Waals surface area contributed by atoms with Gasteiger partial charge in [-0.3, -0.25) is 9.59 Å². The van der Waals surface area contributed by atoms with Crippen LogP contribution in [0.3, 0.4) is 0 Å². The highest BCUT2D eigenvalue weighted by atomic mass is 35.5. The summed E-state index contributed by atoms with van der Waals surface area (Å²) in [5, 5.41) is 3.62. The lowest BCUT2D eigenvalue weighted by molar-refractivity contribution is -0.141. The van der Waals surface area contributed by atoms with Crippen molar-refractivity contribution in [3.05, 3.63) is 124 Å². The molecule has 2 aliphatic rings. The fourth-order valence-corrected chi connectivity index (χ4v) is 7.64. The van der Waals surface area contributed by atoms with Gasteiger partial charge in [-0.25, -0.2) is 8.42 Å². The number of rotatable bonds is 13. The van der Waals surface area contributed by atoms with Crippen LogP contribution in [0.5, 0.6) is 11.5 Å². The predicted octanol–water partition coefficient (Wildman–Crippen LogP) is 5.74. The van der Waals surface area contributed by atoms with Crippen molar-refractivity contribution >= 4 is 33.4 Å². The summed E-state index contributed by atoms with van der Waals surface area (Å²) in [5.41, 5.74) is 3.44. The average molecular weight is 688 g/mol. The van der Waals surface area contributed by atoms with Gasteiger partial charge in [-0.1, -0.05) is 72.3 Å². The zero-order valence-corrected chi connectivity index (χ0v) is 28.1. The molecule has 1 unspecified atom stereocenters. The number of sulfonamides is 1. The van der Waals surface area contributed by atoms with Gasteiger partial charge in [0.05, 0.1) is 4.90 Å². The Morgan fingerprint density at radius 1 is 0.812 bits per heavy atom. The van der Waals surface area contributed by atoms with Crippen molar-refractivity contribution in [2.45, 2.75) is 56.1 Å². The highest BCUT2D eigenvalue weighted by molar-refractivity contribution is 7.89. The van der Waals surface area contributed by atoms with Crippen LogP contribution in [-0.2, 0) is 45.5 Å². The summed E-state index contributed by atoms with van der Waals surface area (Å²) >= 11 is 6.16. The van der Waals surface area contributed by atoms with Crippen molar-refractivity contribution in [2.75, 3.05) is 19.9 Å². The number of aryl methyl sites for hydroxylation is 1. The monoisotopic (exact) mass is 687 g/mol. The van der Waals surface area contributed by atoms with Crippen molar-refractivity contribution in [3.8, 4) is 11.5 Å². The molecule has 4 aromatic carbocycles. The summed E-state index contributed by atoms with van der Waals surface area (Å²) in [4.78, 5) is 30.0. The Kier molecular flexibility index (Phi) is 10.6. The second-order valence-electron chi connectivity index (χ2n) is 12.0. The summed E-state index contributed by atoms with van der Waals surface area (Å²) < 4.78 is 38.4. The minimum atomic E-state index is -3.53. The minimum absolute atomic E-state index is 0.131. The SMILES string of the molecule is O=C(NCc1ccc2c(c1)OCO2)C(Cc1ccccc1)N(Cc1ccc(Cl)cc1)C(=O)CCc1ccc(S(=O)(=O)N2CCCC2)cc1. The summed E-state index contributed by atoms with van der Waals surface area (Å²) in [6, 6.07) is 28.3. The molecule has 4 aromatic rings. The number of carbonyl (C=O) groups is 2. The van der Waals surface area contributed by atoms with Crippen LogP contribution in [0.15, 0.2) is 102 Å². The van der Waals surface area contributed by atoms with Gasteiger partial charge in [0.25, 0.3) is 0 Å². The molecule has 0 bridgehead atoms. The van der Waals surface area contributed by atoms with Gasteiger partial charge in [0, 0.05) is 44.0 Å². The van der Waals surface area contributed by atoms with Gasteiger partial charge in [0.1, 0.15) is 6.04 Å². The van der Waals surface area contributed by atoms with Gasteiger partial charge in [-0.15, -0.1) is 0 Å². The van der Waals surface area contributed by atoms with Crippen LogP contribution in [0.4, 0.5) is 0 Å². The zero-order valence-electron chi connectivity index (χ0n) is 26.5. The first kappa shape index (κ1) is 33.5. The van der Waals surface area contributed by atoms with E-state index in [1.807, 2.05) is 60.7 Å². The number of nitrogens with zero attached hydrogens (tertiary/aromatic N) is 2. The molecule has 0 spiro atoms. The van der Waals surface area contributed by atoms with Crippen LogP contribution in [-0.4, -0.2) is 55.4 Å². The number of ether oxygens (including phenoxy) is 2. The van der Waals surface area contributed by atoms with Crippen LogP contribution < -0.4 is 14.8 Å². The van der Waals surface area contributed by atoms with Crippen LogP contribution in [0.1, 0.15) is 41.5 Å². The first-order valence-corrected chi connectivity index (χ1v) is 17.9. The molecule has 250 valence electrons. The van der Waals surface area contributed by atoms with Gasteiger partial charge >= 0.3 is 0 Å². The van der Waals surface area contributed by atoms with Gasteiger partial charge in [-0.05, 0) is 77.9 Å². The molecule has 2 heterocycles. The fraction of sp³-hybridized carbons (Fsp3) is 0.297. The van der Waals surface area contributed by atoms with Gasteiger partial charge in [0.15, 0.2) is 11.5 Å². The van der Waals surface area contributed by atoms with E-state index in [0.29, 0.717) is 42.5 Å². The van der Waals surface area contributed by atoms with Crippen molar-refractivity contribution < 1.29 is 27.5 Å². The molecule has 11 heteroatoms. The summed E-state index contributed by atoms with van der Waals surface area (Å²) in [6.07, 6.45) is 2.57. The summed E-state index contributed by atoms with van der Waals surface area (Å²) in [7, 11) is -3.53. The van der Waals surface area contributed by atoms with E-state index in [1.54, 1.807) is 41.3 Å². The Hall–Kier alpha value is -4.38. The highest BCUT2D eigenvalue weighted by Gasteiger charge is 2.31. The third-order valence-corrected chi connectivity index (χ3v) is 10.9. The van der Waals surface area contributed by atoms with Crippen molar-refractivity contribution in [2.24, 2.45) is 0 Å². The van der Waals surface area contributed by atoms with E-state index in [0.717, 1.165) is 35.1 Å². The molecular weight excluding hydrogens is 650 g/mol. The normalized spacial score (nSPS) is 14.9. The summed E-state index contributed by atoms with van der Waals surface area (Å²) in [5.74, 6) is 0.812. The second kappa shape index (κ2) is 15.2. The molecule has 0 radical (unpaired) electrons. The third kappa shape index (κ3) is 8.18. The molecule has 9 nitrogen and oxygen atoms in total. The van der Waals surface area contributed by atoms with Crippen LogP contribution in [0.2, 0.25) is 5.02 Å². The molecule has 1 fully saturated rings. The molecule has 0 aromatic heterocycles. The number of halogens is 1. The average Bonchev–Trinajstić information content (AvgIpc) is 3.83. The topological polar surface area (TPSA) is 105 Å². The maximum atomic E-state index is 14.1. The highest BCUT2D eigenvalue weighted by Crippen LogP contribution is 2.32. The fourth-order valence-electron chi connectivity index (χ4n) is 6.00. The Morgan fingerprint density at radius 3 is 2.21 bits per heavy atom. The molecule has 1 N–H and O–H groups in total. The molecule has 6 rings (SSSR count). The maximum Gasteiger partial charge on any atom is 0.243 e. The molecule has 1 atom stereocenters. The van der Waals surface area contributed by atoms with Crippen LogP contribution in [0, 0.1) is 0 Å². The van der Waals surface area contributed by atoms with Crippen LogP contribution >= 0.6 is 11.6 Å². The number of nitrogens with one attached hydrogen (secondary N) is 1. The van der Waals surface area contributed by atoms with E-state index in [-0.39, 0.29) is 43.0 Å². The van der Waals surface area contributed by atoms with E-state index in [9.17, 15) is 18.0 Å². The van der Waals surface area contributed by atoms with Gasteiger partial charge < -0.3 is 19.7 Å². The number of hydrogen-bond donors (Lipinski definition) is 1. The molecule has 1 saturated heterocycles. The molecule has 2 amide bonds. The van der Waals surface area contributed by atoms with Crippen molar-refractivity contribution in [3.63, 3.8) is 0 Å². The number of amides is 2. The third-order valence-electron chi connectivity index (χ3n) is 8.69. The lowest BCUT2D eigenvalue weighted by Crippen LogP contribution is -2.50. The molecular formula is C37H38ClN3O6S. The van der Waals surface area contributed by atoms with Gasteiger partial charge in [-0.2, -0.15) is 4.31 Å². The zero-order chi connectivity index (χ0) is 33.5. The van der Waals surface area contributed by atoms with Crippen LogP contribution in [0.25, 0.3) is 0 Å². The van der Waals surface area contributed by atoms with Crippen molar-refractivity contribution in [1.82, 2.24) is 14.5 Å². The van der Waals surface area contributed by atoms with E-state index in [4.69, 9.17) is 21.1 Å². The van der Waals surface area contributed by atoms with E-state index in [1.165, 1.54) is 4.31 Å². The Balaban J connectivity index is 1.21. The second-order valence-corrected chi connectivity index (χ2v) is 14.4. The quantitative estimate of drug-likeness (QED) is 0.192. The maximum absolute atomic E-state index is 14.1. The lowest BCUT2D eigenvalue weighted by Gasteiger charge is -2.32. The smallest absolute Gasteiger partial charge is 0.243 e. The molecule has 2 aliphatic heterocycles. The Morgan fingerprint density at radius 2 is 1.48 bits per heavy atom. The Labute approximate surface area is 286 Å². The Bertz CT molecular complexity index is 1830. The first-order valence-electron chi connectivity index (χ1n) is 16.1. The molecule has 0 aliphatic carbocycles. The van der Waals surface area contributed by atoms with Gasteiger partial charge in [0.2, 0.25) is 28.6 Å². The summed E-state index contributed by atoms with van der Waals surface area (Å²) in [6.45, 7) is 1.69. The standard InChI is InChI=1S/C37H38ClN3O6S/c38-31-14-8-29(9-15-31)25-41(36(42)19-13-27-10-16-32(17-11-27)48(44,45)40-20-4-5-21-40)33(22-28-6-2-1-3-7-28)37(43)39-24-30-12-18-34-35(23-30)47-26-46-34/h1-3,6-12,14-18,23,33H,4-5,13,19-22,24-26H2,(H,39,43). The molecule has 48 heavy (non-hydrogen) atoms. The number of carbonyl (C=O) groups excluding carboxylic acids is 2. The number of fused-ring (bicyclic) bond motifs is 1. The molecule has 0 saturated carbocycles. The van der Waals surface area contributed by atoms with E-state index in [2.05, 4.69) is 5.32 Å². The first-order chi connectivity index (χ1) is 23.3. The van der Waals surface area contributed by atoms with Crippen molar-refractivity contribution in [1.29, 1.82) is 0 Å². The largest absolute Gasteiger partial charge is 0.454 e. The number of benzene rings is 4. The van der Waals surface area contributed by atoms with E-state index < -0.39 is 16.1 Å². The number of hydrogen-bond acceptors (Lipinski definition) is 6.